The van der Waals surface area contributed by atoms with Gasteiger partial charge in [0.25, 0.3) is 5.91 Å². The minimum absolute atomic E-state index is 0.279. The van der Waals surface area contributed by atoms with Gasteiger partial charge >= 0.3 is 0 Å². The smallest absolute Gasteiger partial charge is 0.271 e. The van der Waals surface area contributed by atoms with Crippen molar-refractivity contribution in [2.75, 3.05) is 21.3 Å². The van der Waals surface area contributed by atoms with Crippen LogP contribution in [0.25, 0.3) is 0 Å². The van der Waals surface area contributed by atoms with E-state index in [1.54, 1.807) is 24.3 Å². The van der Waals surface area contributed by atoms with Gasteiger partial charge in [-0.3, -0.25) is 4.79 Å². The molecule has 6 nitrogen and oxygen atoms in total. The summed E-state index contributed by atoms with van der Waals surface area (Å²) in [6.07, 6.45) is 1.51. The molecule has 0 saturated heterocycles. The largest absolute Gasteiger partial charge is 0.493 e. The predicted octanol–water partition coefficient (Wildman–Crippen LogP) is 2.78. The molecule has 1 N–H and O–H groups in total. The molecular formula is C18H20N2O4. The second-order valence-electron chi connectivity index (χ2n) is 5.02. The fraction of sp³-hybridized carbons (Fsp3) is 0.222. The van der Waals surface area contributed by atoms with Gasteiger partial charge in [0.15, 0.2) is 11.5 Å². The van der Waals surface area contributed by atoms with E-state index in [9.17, 15) is 4.79 Å². The van der Waals surface area contributed by atoms with Crippen LogP contribution in [0.4, 0.5) is 0 Å². The summed E-state index contributed by atoms with van der Waals surface area (Å²) in [6.45, 7) is 1.96. The van der Waals surface area contributed by atoms with Crippen molar-refractivity contribution in [3.63, 3.8) is 0 Å². The molecule has 0 aliphatic rings. The molecular weight excluding hydrogens is 308 g/mol. The standard InChI is InChI=1S/C18H20N2O4/c1-12-5-7-14(8-6-12)18(21)20-19-11-13-9-15(22-2)17(24-4)16(10-13)23-3/h5-11H,1-4H3,(H,20,21). The molecule has 1 amide bonds. The maximum Gasteiger partial charge on any atom is 0.271 e. The molecule has 6 heteroatoms. The number of methoxy groups -OCH3 is 3. The van der Waals surface area contributed by atoms with Crippen LogP contribution in [0.15, 0.2) is 41.5 Å². The van der Waals surface area contributed by atoms with E-state index >= 15 is 0 Å². The number of hydrogen-bond donors (Lipinski definition) is 1. The average molecular weight is 328 g/mol. The van der Waals surface area contributed by atoms with Crippen LogP contribution in [0, 0.1) is 6.92 Å². The Balaban J connectivity index is 2.14. The number of rotatable bonds is 6. The number of aryl methyl sites for hydroxylation is 1. The van der Waals surface area contributed by atoms with E-state index in [4.69, 9.17) is 14.2 Å². The molecule has 0 atom stereocenters. The van der Waals surface area contributed by atoms with Gasteiger partial charge in [-0.25, -0.2) is 5.43 Å². The van der Waals surface area contributed by atoms with E-state index in [1.165, 1.54) is 27.5 Å². The molecule has 0 fully saturated rings. The zero-order valence-corrected chi connectivity index (χ0v) is 14.1. The van der Waals surface area contributed by atoms with Crippen molar-refractivity contribution in [1.29, 1.82) is 0 Å². The van der Waals surface area contributed by atoms with Crippen LogP contribution in [-0.2, 0) is 0 Å². The minimum Gasteiger partial charge on any atom is -0.493 e. The highest BCUT2D eigenvalue weighted by atomic mass is 16.5. The normalized spacial score (nSPS) is 10.5. The summed E-state index contributed by atoms with van der Waals surface area (Å²) in [5, 5.41) is 3.97. The van der Waals surface area contributed by atoms with Gasteiger partial charge in [0.05, 0.1) is 27.5 Å². The number of benzene rings is 2. The van der Waals surface area contributed by atoms with Gasteiger partial charge in [-0.05, 0) is 31.2 Å². The van der Waals surface area contributed by atoms with E-state index in [1.807, 2.05) is 19.1 Å². The third kappa shape index (κ3) is 4.04. The Labute approximate surface area is 141 Å². The number of ether oxygens (including phenoxy) is 3. The van der Waals surface area contributed by atoms with Crippen molar-refractivity contribution >= 4 is 12.1 Å². The number of hydrazone groups is 1. The predicted molar refractivity (Wildman–Crippen MR) is 92.3 cm³/mol. The van der Waals surface area contributed by atoms with Crippen LogP contribution in [0.1, 0.15) is 21.5 Å². The average Bonchev–Trinajstić information content (AvgIpc) is 2.61. The van der Waals surface area contributed by atoms with Crippen molar-refractivity contribution in [2.45, 2.75) is 6.92 Å². The third-order valence-corrected chi connectivity index (χ3v) is 3.38. The number of nitrogens with one attached hydrogen (secondary N) is 1. The summed E-state index contributed by atoms with van der Waals surface area (Å²) in [7, 11) is 4.62. The summed E-state index contributed by atoms with van der Waals surface area (Å²) in [4.78, 5) is 12.0. The lowest BCUT2D eigenvalue weighted by Crippen LogP contribution is -2.17. The van der Waals surface area contributed by atoms with Crippen LogP contribution in [0.5, 0.6) is 17.2 Å². The number of carbonyl (C=O) groups is 1. The Hall–Kier alpha value is -3.02. The second-order valence-corrected chi connectivity index (χ2v) is 5.02. The molecule has 0 bridgehead atoms. The van der Waals surface area contributed by atoms with Gasteiger partial charge in [0.2, 0.25) is 5.75 Å². The molecule has 2 rings (SSSR count). The Morgan fingerprint density at radius 1 is 1.00 bits per heavy atom. The van der Waals surface area contributed by atoms with Gasteiger partial charge in [0.1, 0.15) is 0 Å². The van der Waals surface area contributed by atoms with Gasteiger partial charge in [-0.1, -0.05) is 17.7 Å². The molecule has 0 heterocycles. The summed E-state index contributed by atoms with van der Waals surface area (Å²) in [5.41, 5.74) is 4.82. The van der Waals surface area contributed by atoms with E-state index in [2.05, 4.69) is 10.5 Å². The van der Waals surface area contributed by atoms with Crippen molar-refractivity contribution in [3.8, 4) is 17.2 Å². The van der Waals surface area contributed by atoms with Crippen molar-refractivity contribution < 1.29 is 19.0 Å². The van der Waals surface area contributed by atoms with E-state index < -0.39 is 0 Å². The third-order valence-electron chi connectivity index (χ3n) is 3.38. The number of amides is 1. The SMILES string of the molecule is COc1cc(C=NNC(=O)c2ccc(C)cc2)cc(OC)c1OC. The Morgan fingerprint density at radius 2 is 1.58 bits per heavy atom. The van der Waals surface area contributed by atoms with Gasteiger partial charge in [-0.2, -0.15) is 5.10 Å². The molecule has 0 saturated carbocycles. The van der Waals surface area contributed by atoms with E-state index in [0.29, 0.717) is 28.4 Å². The van der Waals surface area contributed by atoms with Gasteiger partial charge in [0, 0.05) is 11.1 Å². The van der Waals surface area contributed by atoms with Gasteiger partial charge < -0.3 is 14.2 Å². The first kappa shape index (κ1) is 17.3. The van der Waals surface area contributed by atoms with Crippen molar-refractivity contribution in [3.05, 3.63) is 53.1 Å². The maximum absolute atomic E-state index is 12.0. The molecule has 0 aromatic heterocycles. The molecule has 0 aliphatic heterocycles. The molecule has 0 aliphatic carbocycles. The minimum atomic E-state index is -0.279. The van der Waals surface area contributed by atoms with E-state index in [0.717, 1.165) is 5.56 Å². The highest BCUT2D eigenvalue weighted by Gasteiger charge is 2.12. The Bertz CT molecular complexity index is 714. The summed E-state index contributed by atoms with van der Waals surface area (Å²) >= 11 is 0. The lowest BCUT2D eigenvalue weighted by atomic mass is 10.1. The first-order chi connectivity index (χ1) is 11.6. The second kappa shape index (κ2) is 8.01. The highest BCUT2D eigenvalue weighted by Crippen LogP contribution is 2.37. The summed E-state index contributed by atoms with van der Waals surface area (Å²) < 4.78 is 15.8. The molecule has 2 aromatic carbocycles. The molecule has 0 spiro atoms. The van der Waals surface area contributed by atoms with Crippen LogP contribution >= 0.6 is 0 Å². The first-order valence-electron chi connectivity index (χ1n) is 7.29. The topological polar surface area (TPSA) is 69.2 Å². The lowest BCUT2D eigenvalue weighted by molar-refractivity contribution is 0.0955. The van der Waals surface area contributed by atoms with Crippen molar-refractivity contribution in [1.82, 2.24) is 5.43 Å². The fourth-order valence-electron chi connectivity index (χ4n) is 2.11. The number of hydrogen-bond acceptors (Lipinski definition) is 5. The van der Waals surface area contributed by atoms with Crippen LogP contribution in [0.2, 0.25) is 0 Å². The van der Waals surface area contributed by atoms with E-state index in [-0.39, 0.29) is 5.91 Å². The molecule has 126 valence electrons. The fourth-order valence-corrected chi connectivity index (χ4v) is 2.11. The lowest BCUT2D eigenvalue weighted by Gasteiger charge is -2.12. The highest BCUT2D eigenvalue weighted by molar-refractivity contribution is 5.95. The quantitative estimate of drug-likeness (QED) is 0.654. The Morgan fingerprint density at radius 3 is 2.08 bits per heavy atom. The van der Waals surface area contributed by atoms with Crippen molar-refractivity contribution in [2.24, 2.45) is 5.10 Å². The van der Waals surface area contributed by atoms with Crippen LogP contribution < -0.4 is 19.6 Å². The maximum atomic E-state index is 12.0. The van der Waals surface area contributed by atoms with Crippen LogP contribution in [-0.4, -0.2) is 33.5 Å². The number of carbonyl (C=O) groups excluding carboxylic acids is 1. The van der Waals surface area contributed by atoms with Gasteiger partial charge in [-0.15, -0.1) is 0 Å². The molecule has 2 aromatic rings. The molecule has 0 unspecified atom stereocenters. The number of nitrogens with zero attached hydrogens (tertiary/aromatic N) is 1. The summed E-state index contributed by atoms with van der Waals surface area (Å²) in [6, 6.07) is 10.7. The monoisotopic (exact) mass is 328 g/mol. The zero-order chi connectivity index (χ0) is 17.5. The molecule has 24 heavy (non-hydrogen) atoms. The first-order valence-corrected chi connectivity index (χ1v) is 7.29. The Kier molecular flexibility index (Phi) is 5.78. The summed E-state index contributed by atoms with van der Waals surface area (Å²) in [5.74, 6) is 1.26. The zero-order valence-electron chi connectivity index (χ0n) is 14.1. The van der Waals surface area contributed by atoms with Crippen LogP contribution in [0.3, 0.4) is 0 Å². The molecule has 0 radical (unpaired) electrons.